The van der Waals surface area contributed by atoms with E-state index >= 15 is 0 Å². The molecule has 0 radical (unpaired) electrons. The summed E-state index contributed by atoms with van der Waals surface area (Å²) >= 11 is 3.50. The first-order valence-corrected chi connectivity index (χ1v) is 6.83. The van der Waals surface area contributed by atoms with Crippen molar-refractivity contribution in [1.82, 2.24) is 19.9 Å². The van der Waals surface area contributed by atoms with E-state index in [1.807, 2.05) is 18.3 Å². The van der Waals surface area contributed by atoms with Crippen molar-refractivity contribution in [2.75, 3.05) is 13.1 Å². The highest BCUT2D eigenvalue weighted by atomic mass is 79.9. The van der Waals surface area contributed by atoms with Gasteiger partial charge in [-0.15, -0.1) is 10.2 Å². The van der Waals surface area contributed by atoms with Gasteiger partial charge in [-0.05, 0) is 59.9 Å². The molecule has 0 atom stereocenters. The summed E-state index contributed by atoms with van der Waals surface area (Å²) in [6.07, 6.45) is 5.54. The first-order valence-electron chi connectivity index (χ1n) is 6.03. The fraction of sp³-hybridized carbons (Fsp3) is 0.500. The molecule has 0 bridgehead atoms. The van der Waals surface area contributed by atoms with Gasteiger partial charge in [0.05, 0.1) is 4.47 Å². The predicted octanol–water partition coefficient (Wildman–Crippen LogP) is 2.03. The maximum Gasteiger partial charge on any atom is 0.175 e. The third kappa shape index (κ3) is 2.21. The Bertz CT molecular complexity index is 516. The number of fused-ring (bicyclic) bond motifs is 1. The molecule has 0 unspecified atom stereocenters. The van der Waals surface area contributed by atoms with Crippen molar-refractivity contribution in [3.63, 3.8) is 0 Å². The summed E-state index contributed by atoms with van der Waals surface area (Å²) in [5.41, 5.74) is 0.913. The van der Waals surface area contributed by atoms with Crippen molar-refractivity contribution in [2.24, 2.45) is 5.92 Å². The molecule has 1 aliphatic heterocycles. The number of halogens is 1. The van der Waals surface area contributed by atoms with E-state index in [9.17, 15) is 0 Å². The Morgan fingerprint density at radius 2 is 2.18 bits per heavy atom. The van der Waals surface area contributed by atoms with E-state index in [0.29, 0.717) is 0 Å². The zero-order chi connectivity index (χ0) is 11.7. The molecule has 0 aromatic carbocycles. The molecule has 1 fully saturated rings. The van der Waals surface area contributed by atoms with E-state index in [2.05, 4.69) is 35.8 Å². The average Bonchev–Trinajstić information content (AvgIpc) is 2.76. The highest BCUT2D eigenvalue weighted by molar-refractivity contribution is 9.10. The van der Waals surface area contributed by atoms with Gasteiger partial charge in [0.15, 0.2) is 5.65 Å². The lowest BCUT2D eigenvalue weighted by Crippen LogP contribution is -2.29. The molecule has 0 spiro atoms. The first kappa shape index (κ1) is 11.2. The zero-order valence-corrected chi connectivity index (χ0v) is 11.2. The Hall–Kier alpha value is -0.940. The molecule has 1 aliphatic rings. The van der Waals surface area contributed by atoms with Gasteiger partial charge in [0.25, 0.3) is 0 Å². The number of nitrogens with one attached hydrogen (secondary N) is 1. The number of piperidine rings is 1. The maximum atomic E-state index is 4.31. The molecule has 2 aromatic heterocycles. The van der Waals surface area contributed by atoms with Crippen LogP contribution in [-0.4, -0.2) is 27.7 Å². The third-order valence-corrected chi connectivity index (χ3v) is 4.01. The molecule has 3 rings (SSSR count). The summed E-state index contributed by atoms with van der Waals surface area (Å²) in [7, 11) is 0. The van der Waals surface area contributed by atoms with Crippen LogP contribution < -0.4 is 5.32 Å². The van der Waals surface area contributed by atoms with E-state index in [4.69, 9.17) is 0 Å². The van der Waals surface area contributed by atoms with Gasteiger partial charge in [-0.25, -0.2) is 0 Å². The van der Waals surface area contributed by atoms with Crippen LogP contribution >= 0.6 is 15.9 Å². The van der Waals surface area contributed by atoms with Crippen LogP contribution in [0.25, 0.3) is 5.65 Å². The summed E-state index contributed by atoms with van der Waals surface area (Å²) in [6, 6.07) is 4.02. The van der Waals surface area contributed by atoms with Gasteiger partial charge in [0, 0.05) is 12.6 Å². The number of nitrogens with zero attached hydrogens (tertiary/aromatic N) is 3. The lowest BCUT2D eigenvalue weighted by atomic mass is 9.94. The van der Waals surface area contributed by atoms with E-state index in [-0.39, 0.29) is 0 Å². The smallest absolute Gasteiger partial charge is 0.175 e. The minimum Gasteiger partial charge on any atom is -0.317 e. The van der Waals surface area contributed by atoms with Gasteiger partial charge in [0.1, 0.15) is 5.82 Å². The second-order valence-electron chi connectivity index (χ2n) is 4.56. The van der Waals surface area contributed by atoms with Crippen molar-refractivity contribution < 1.29 is 0 Å². The van der Waals surface area contributed by atoms with E-state index < -0.39 is 0 Å². The first-order chi connectivity index (χ1) is 8.34. The van der Waals surface area contributed by atoms with Crippen LogP contribution in [0.15, 0.2) is 22.8 Å². The SMILES string of the molecule is Brc1cccn2c(CC3CCNCC3)nnc12. The molecular weight excluding hydrogens is 280 g/mol. The molecule has 17 heavy (non-hydrogen) atoms. The normalized spacial score (nSPS) is 17.7. The Labute approximate surface area is 109 Å². The molecule has 3 heterocycles. The number of pyridine rings is 1. The molecule has 4 nitrogen and oxygen atoms in total. The molecule has 0 aliphatic carbocycles. The highest BCUT2D eigenvalue weighted by Gasteiger charge is 2.17. The van der Waals surface area contributed by atoms with Gasteiger partial charge >= 0.3 is 0 Å². The zero-order valence-electron chi connectivity index (χ0n) is 9.56. The minimum atomic E-state index is 0.739. The second kappa shape index (κ2) is 4.74. The summed E-state index contributed by atoms with van der Waals surface area (Å²) in [4.78, 5) is 0. The van der Waals surface area contributed by atoms with Gasteiger partial charge in [0.2, 0.25) is 0 Å². The summed E-state index contributed by atoms with van der Waals surface area (Å²) in [6.45, 7) is 2.26. The van der Waals surface area contributed by atoms with Crippen molar-refractivity contribution in [1.29, 1.82) is 0 Å². The van der Waals surface area contributed by atoms with Crippen LogP contribution in [0.3, 0.4) is 0 Å². The van der Waals surface area contributed by atoms with Crippen molar-refractivity contribution in [3.8, 4) is 0 Å². The van der Waals surface area contributed by atoms with Crippen LogP contribution in [0.4, 0.5) is 0 Å². The quantitative estimate of drug-likeness (QED) is 0.922. The highest BCUT2D eigenvalue weighted by Crippen LogP contribution is 2.20. The van der Waals surface area contributed by atoms with Gasteiger partial charge in [-0.2, -0.15) is 0 Å². The standard InChI is InChI=1S/C12H15BrN4/c13-10-2-1-7-17-11(15-16-12(10)17)8-9-3-5-14-6-4-9/h1-2,7,9,14H,3-6,8H2. The van der Waals surface area contributed by atoms with Crippen molar-refractivity contribution in [3.05, 3.63) is 28.6 Å². The Balaban J connectivity index is 1.87. The van der Waals surface area contributed by atoms with Crippen molar-refractivity contribution >= 4 is 21.6 Å². The minimum absolute atomic E-state index is 0.739. The molecule has 1 saturated heterocycles. The fourth-order valence-corrected chi connectivity index (χ4v) is 2.84. The van der Waals surface area contributed by atoms with Crippen LogP contribution in [0.5, 0.6) is 0 Å². The van der Waals surface area contributed by atoms with Crippen LogP contribution in [0.1, 0.15) is 18.7 Å². The molecule has 5 heteroatoms. The Morgan fingerprint density at radius 1 is 1.35 bits per heavy atom. The average molecular weight is 295 g/mol. The Kier molecular flexibility index (Phi) is 3.11. The number of aromatic nitrogens is 3. The fourth-order valence-electron chi connectivity index (χ4n) is 2.41. The molecule has 1 N–H and O–H groups in total. The maximum absolute atomic E-state index is 4.31. The van der Waals surface area contributed by atoms with Crippen LogP contribution in [0, 0.1) is 5.92 Å². The predicted molar refractivity (Wildman–Crippen MR) is 70.0 cm³/mol. The second-order valence-corrected chi connectivity index (χ2v) is 5.42. The number of hydrogen-bond donors (Lipinski definition) is 1. The largest absolute Gasteiger partial charge is 0.317 e. The van der Waals surface area contributed by atoms with Gasteiger partial charge < -0.3 is 5.32 Å². The molecule has 0 amide bonds. The number of hydrogen-bond acceptors (Lipinski definition) is 3. The van der Waals surface area contributed by atoms with E-state index in [0.717, 1.165) is 41.4 Å². The Morgan fingerprint density at radius 3 is 3.00 bits per heavy atom. The van der Waals surface area contributed by atoms with Crippen LogP contribution in [-0.2, 0) is 6.42 Å². The van der Waals surface area contributed by atoms with Gasteiger partial charge in [-0.1, -0.05) is 0 Å². The summed E-state index contributed by atoms with van der Waals surface area (Å²) in [5, 5.41) is 11.9. The van der Waals surface area contributed by atoms with Crippen molar-refractivity contribution in [2.45, 2.75) is 19.3 Å². The van der Waals surface area contributed by atoms with Gasteiger partial charge in [-0.3, -0.25) is 4.40 Å². The topological polar surface area (TPSA) is 42.2 Å². The lowest BCUT2D eigenvalue weighted by molar-refractivity contribution is 0.366. The molecule has 0 saturated carbocycles. The summed E-state index contributed by atoms with van der Waals surface area (Å²) < 4.78 is 3.09. The number of rotatable bonds is 2. The molecule has 2 aromatic rings. The summed E-state index contributed by atoms with van der Waals surface area (Å²) in [5.74, 6) is 1.82. The van der Waals surface area contributed by atoms with E-state index in [1.165, 1.54) is 12.8 Å². The molecule has 90 valence electrons. The molecular formula is C12H15BrN4. The monoisotopic (exact) mass is 294 g/mol. The van der Waals surface area contributed by atoms with E-state index in [1.54, 1.807) is 0 Å². The van der Waals surface area contributed by atoms with Crippen LogP contribution in [0.2, 0.25) is 0 Å². The third-order valence-electron chi connectivity index (χ3n) is 3.39. The lowest BCUT2D eigenvalue weighted by Gasteiger charge is -2.21.